The predicted molar refractivity (Wildman–Crippen MR) is 143 cm³/mol. The molecule has 0 bridgehead atoms. The molecule has 6 nitrogen and oxygen atoms in total. The first kappa shape index (κ1) is 27.3. The minimum absolute atomic E-state index is 0.198. The maximum absolute atomic E-state index is 12.0. The van der Waals surface area contributed by atoms with Crippen LogP contribution in [-0.2, 0) is 19.1 Å². The number of fused-ring (bicyclic) bond motifs is 2. The molecule has 0 amide bonds. The minimum Gasteiger partial charge on any atom is -0.488 e. The zero-order valence-electron chi connectivity index (χ0n) is 21.9. The molecule has 0 aromatic heterocycles. The molecule has 36 heavy (non-hydrogen) atoms. The van der Waals surface area contributed by atoms with Crippen molar-refractivity contribution in [1.82, 2.24) is 0 Å². The zero-order chi connectivity index (χ0) is 25.9. The van der Waals surface area contributed by atoms with Crippen molar-refractivity contribution in [3.8, 4) is 11.5 Å². The summed E-state index contributed by atoms with van der Waals surface area (Å²) in [6.45, 7) is 8.27. The number of unbranched alkanes of at least 4 members (excludes halogenated alkanes) is 2. The Morgan fingerprint density at radius 3 is 1.28 bits per heavy atom. The van der Waals surface area contributed by atoms with E-state index in [0.29, 0.717) is 12.8 Å². The van der Waals surface area contributed by atoms with Crippen molar-refractivity contribution in [1.29, 1.82) is 0 Å². The third-order valence-electron chi connectivity index (χ3n) is 5.89. The molecule has 3 rings (SSSR count). The second kappa shape index (κ2) is 13.7. The summed E-state index contributed by atoms with van der Waals surface area (Å²) in [5, 5.41) is 3.62. The molecule has 2 atom stereocenters. The molecular weight excluding hydrogens is 456 g/mol. The molecule has 3 aromatic rings. The number of benzene rings is 3. The van der Waals surface area contributed by atoms with Crippen LogP contribution >= 0.6 is 0 Å². The molecule has 0 aliphatic heterocycles. The Labute approximate surface area is 213 Å². The van der Waals surface area contributed by atoms with Gasteiger partial charge in [0.05, 0.1) is 0 Å². The van der Waals surface area contributed by atoms with Crippen molar-refractivity contribution in [2.45, 2.75) is 78.4 Å². The Kier molecular flexibility index (Phi) is 10.4. The highest BCUT2D eigenvalue weighted by molar-refractivity contribution is 6.11. The Hall–Kier alpha value is -3.28. The third-order valence-corrected chi connectivity index (χ3v) is 5.89. The molecule has 0 aliphatic rings. The van der Waals surface area contributed by atoms with E-state index in [1.165, 1.54) is 0 Å². The van der Waals surface area contributed by atoms with Crippen molar-refractivity contribution >= 4 is 33.5 Å². The van der Waals surface area contributed by atoms with Gasteiger partial charge in [-0.3, -0.25) is 9.59 Å². The van der Waals surface area contributed by atoms with Gasteiger partial charge in [0.2, 0.25) is 0 Å². The van der Waals surface area contributed by atoms with Crippen LogP contribution in [0.25, 0.3) is 21.5 Å². The normalized spacial score (nSPS) is 12.8. The number of esters is 2. The van der Waals surface area contributed by atoms with Gasteiger partial charge in [-0.1, -0.05) is 75.2 Å². The Morgan fingerprint density at radius 2 is 0.972 bits per heavy atom. The fourth-order valence-electron chi connectivity index (χ4n) is 4.04. The lowest BCUT2D eigenvalue weighted by Crippen LogP contribution is -2.22. The molecular formula is C30H38O6. The van der Waals surface area contributed by atoms with E-state index in [9.17, 15) is 9.59 Å². The van der Waals surface area contributed by atoms with Crippen LogP contribution < -0.4 is 9.47 Å². The van der Waals surface area contributed by atoms with Crippen LogP contribution in [-0.4, -0.2) is 37.4 Å². The summed E-state index contributed by atoms with van der Waals surface area (Å²) in [5.74, 6) is 1.06. The first-order chi connectivity index (χ1) is 17.4. The highest BCUT2D eigenvalue weighted by Gasteiger charge is 2.19. The van der Waals surface area contributed by atoms with E-state index in [4.69, 9.17) is 18.9 Å². The van der Waals surface area contributed by atoms with Crippen LogP contribution in [0.2, 0.25) is 0 Å². The van der Waals surface area contributed by atoms with E-state index in [-0.39, 0.29) is 37.4 Å². The first-order valence-electron chi connectivity index (χ1n) is 13.0. The lowest BCUT2D eigenvalue weighted by molar-refractivity contribution is -0.150. The topological polar surface area (TPSA) is 71.1 Å². The van der Waals surface area contributed by atoms with Crippen LogP contribution in [0.3, 0.4) is 0 Å². The fraction of sp³-hybridized carbons (Fsp3) is 0.467. The SMILES string of the molecule is CCCCC(=O)OC(C)COc1c2ccccc2c(OCC(C)OC(=O)CCCC)c2ccccc12. The van der Waals surface area contributed by atoms with E-state index < -0.39 is 0 Å². The molecule has 0 N–H and O–H groups in total. The van der Waals surface area contributed by atoms with Crippen LogP contribution in [0.1, 0.15) is 66.2 Å². The number of rotatable bonds is 14. The maximum atomic E-state index is 12.0. The fourth-order valence-corrected chi connectivity index (χ4v) is 4.04. The van der Waals surface area contributed by atoms with Crippen LogP contribution in [0, 0.1) is 0 Å². The van der Waals surface area contributed by atoms with E-state index in [0.717, 1.165) is 58.7 Å². The quantitative estimate of drug-likeness (QED) is 0.178. The molecule has 0 aliphatic carbocycles. The summed E-state index contributed by atoms with van der Waals surface area (Å²) < 4.78 is 23.6. The van der Waals surface area contributed by atoms with Crippen LogP contribution in [0.5, 0.6) is 11.5 Å². The summed E-state index contributed by atoms with van der Waals surface area (Å²) in [6, 6.07) is 15.8. The van der Waals surface area contributed by atoms with Gasteiger partial charge < -0.3 is 18.9 Å². The van der Waals surface area contributed by atoms with Gasteiger partial charge in [-0.15, -0.1) is 0 Å². The molecule has 0 spiro atoms. The minimum atomic E-state index is -0.369. The molecule has 0 saturated heterocycles. The van der Waals surface area contributed by atoms with Crippen molar-refractivity contribution in [2.75, 3.05) is 13.2 Å². The van der Waals surface area contributed by atoms with Gasteiger partial charge in [0.1, 0.15) is 36.9 Å². The first-order valence-corrected chi connectivity index (χ1v) is 13.0. The molecule has 3 aromatic carbocycles. The van der Waals surface area contributed by atoms with Gasteiger partial charge in [0.15, 0.2) is 0 Å². The molecule has 0 fully saturated rings. The Balaban J connectivity index is 1.82. The highest BCUT2D eigenvalue weighted by Crippen LogP contribution is 2.42. The molecule has 2 unspecified atom stereocenters. The van der Waals surface area contributed by atoms with Gasteiger partial charge in [-0.2, -0.15) is 0 Å². The molecule has 0 saturated carbocycles. The third kappa shape index (κ3) is 7.36. The number of ether oxygens (including phenoxy) is 4. The highest BCUT2D eigenvalue weighted by atomic mass is 16.6. The summed E-state index contributed by atoms with van der Waals surface area (Å²) in [6.07, 6.45) is 3.64. The van der Waals surface area contributed by atoms with Gasteiger partial charge >= 0.3 is 11.9 Å². The average Bonchev–Trinajstić information content (AvgIpc) is 2.88. The second-order valence-electron chi connectivity index (χ2n) is 9.18. The lowest BCUT2D eigenvalue weighted by Gasteiger charge is -2.21. The molecule has 0 heterocycles. The zero-order valence-corrected chi connectivity index (χ0v) is 21.9. The average molecular weight is 495 g/mol. The van der Waals surface area contributed by atoms with Gasteiger partial charge in [0.25, 0.3) is 0 Å². The van der Waals surface area contributed by atoms with Crippen molar-refractivity contribution in [3.05, 3.63) is 48.5 Å². The largest absolute Gasteiger partial charge is 0.488 e. The molecule has 194 valence electrons. The van der Waals surface area contributed by atoms with Crippen LogP contribution in [0.15, 0.2) is 48.5 Å². The number of hydrogen-bond acceptors (Lipinski definition) is 6. The smallest absolute Gasteiger partial charge is 0.306 e. The van der Waals surface area contributed by atoms with E-state index in [1.807, 2.05) is 76.2 Å². The Bertz CT molecular complexity index is 1010. The van der Waals surface area contributed by atoms with Crippen LogP contribution in [0.4, 0.5) is 0 Å². The molecule has 6 heteroatoms. The van der Waals surface area contributed by atoms with Gasteiger partial charge in [0, 0.05) is 34.4 Å². The summed E-state index contributed by atoms with van der Waals surface area (Å²) in [4.78, 5) is 24.0. The number of hydrogen-bond donors (Lipinski definition) is 0. The number of carbonyl (C=O) groups is 2. The maximum Gasteiger partial charge on any atom is 0.306 e. The lowest BCUT2D eigenvalue weighted by atomic mass is 10.0. The van der Waals surface area contributed by atoms with Crippen molar-refractivity contribution in [3.63, 3.8) is 0 Å². The van der Waals surface area contributed by atoms with Gasteiger partial charge in [-0.25, -0.2) is 0 Å². The number of carbonyl (C=O) groups excluding carboxylic acids is 2. The van der Waals surface area contributed by atoms with E-state index in [2.05, 4.69) is 0 Å². The van der Waals surface area contributed by atoms with Crippen molar-refractivity contribution in [2.24, 2.45) is 0 Å². The predicted octanol–water partition coefficient (Wildman–Crippen LogP) is 6.99. The standard InChI is InChI=1S/C30H38O6/c1-5-7-17-27(31)35-21(3)19-33-29-23-13-9-11-15-25(23)30(26-16-12-10-14-24(26)29)34-20-22(4)36-28(32)18-8-6-2/h9-16,21-22H,5-8,17-20H2,1-4H3. The summed E-state index contributed by atoms with van der Waals surface area (Å²) >= 11 is 0. The monoisotopic (exact) mass is 494 g/mol. The second-order valence-corrected chi connectivity index (χ2v) is 9.18. The van der Waals surface area contributed by atoms with E-state index in [1.54, 1.807) is 0 Å². The molecule has 0 radical (unpaired) electrons. The van der Waals surface area contributed by atoms with E-state index >= 15 is 0 Å². The van der Waals surface area contributed by atoms with Gasteiger partial charge in [-0.05, 0) is 26.7 Å². The Morgan fingerprint density at radius 1 is 0.639 bits per heavy atom. The summed E-state index contributed by atoms with van der Waals surface area (Å²) in [7, 11) is 0. The summed E-state index contributed by atoms with van der Waals surface area (Å²) in [5.41, 5.74) is 0. The van der Waals surface area contributed by atoms with Crippen molar-refractivity contribution < 1.29 is 28.5 Å².